The normalized spacial score (nSPS) is 9.53. The fraction of sp³-hybridized carbons (Fsp3) is 0.429. The van der Waals surface area contributed by atoms with Crippen LogP contribution in [0.15, 0.2) is 18.2 Å². The topological polar surface area (TPSA) is 78.4 Å². The third-order valence-corrected chi connectivity index (χ3v) is 2.62. The van der Waals surface area contributed by atoms with Crippen molar-refractivity contribution in [3.8, 4) is 0 Å². The first-order chi connectivity index (χ1) is 9.22. The molecule has 1 aromatic carbocycles. The van der Waals surface area contributed by atoms with Gasteiger partial charge in [0.05, 0.1) is 0 Å². The van der Waals surface area contributed by atoms with Crippen LogP contribution in [0.25, 0.3) is 0 Å². The van der Waals surface area contributed by atoms with E-state index in [0.29, 0.717) is 12.8 Å². The van der Waals surface area contributed by atoms with Gasteiger partial charge in [0.1, 0.15) is 0 Å². The summed E-state index contributed by atoms with van der Waals surface area (Å²) >= 11 is 0. The van der Waals surface area contributed by atoms with Crippen molar-refractivity contribution in [2.75, 3.05) is 5.32 Å². The van der Waals surface area contributed by atoms with Gasteiger partial charge in [0, 0.05) is 24.6 Å². The molecule has 0 radical (unpaired) electrons. The average Bonchev–Trinajstić information content (AvgIpc) is 2.43. The molecular formula is C14H18N2O3. The standard InChI is InChI=1S/C14H18N2O3/c17-13(15-12-8-4-3-5-9-12)10-6-1-2-7-11-14(18)16-19/h4,8-9,19H,1-2,6-7,10-11H2,(H,15,17)(H,16,18). The summed E-state index contributed by atoms with van der Waals surface area (Å²) < 4.78 is 0. The maximum Gasteiger partial charge on any atom is 0.243 e. The number of nitrogens with one attached hydrogen (secondary N) is 2. The van der Waals surface area contributed by atoms with Crippen LogP contribution in [0, 0.1) is 12.1 Å². The zero-order valence-corrected chi connectivity index (χ0v) is 10.7. The summed E-state index contributed by atoms with van der Waals surface area (Å²) in [6.45, 7) is 0. The van der Waals surface area contributed by atoms with Gasteiger partial charge in [0.25, 0.3) is 0 Å². The predicted molar refractivity (Wildman–Crippen MR) is 70.4 cm³/mol. The molecule has 0 aliphatic rings. The molecule has 0 fully saturated rings. The molecule has 0 bridgehead atoms. The van der Waals surface area contributed by atoms with Gasteiger partial charge < -0.3 is 5.32 Å². The highest BCUT2D eigenvalue weighted by Crippen LogP contribution is 2.08. The van der Waals surface area contributed by atoms with E-state index >= 15 is 0 Å². The molecule has 0 unspecified atom stereocenters. The molecule has 0 aromatic heterocycles. The monoisotopic (exact) mass is 262 g/mol. The molecule has 2 amide bonds. The highest BCUT2D eigenvalue weighted by atomic mass is 16.5. The molecule has 19 heavy (non-hydrogen) atoms. The number of unbranched alkanes of at least 4 members (excludes halogenated alkanes) is 3. The Morgan fingerprint density at radius 3 is 2.32 bits per heavy atom. The van der Waals surface area contributed by atoms with Gasteiger partial charge in [0.2, 0.25) is 11.8 Å². The van der Waals surface area contributed by atoms with Gasteiger partial charge in [-0.05, 0) is 25.0 Å². The van der Waals surface area contributed by atoms with E-state index in [1.165, 1.54) is 0 Å². The van der Waals surface area contributed by atoms with E-state index < -0.39 is 0 Å². The molecule has 102 valence electrons. The number of hydrogen-bond acceptors (Lipinski definition) is 3. The number of carbonyl (C=O) groups is 2. The second kappa shape index (κ2) is 8.95. The van der Waals surface area contributed by atoms with Crippen LogP contribution in [-0.4, -0.2) is 17.0 Å². The van der Waals surface area contributed by atoms with Crippen LogP contribution in [0.5, 0.6) is 0 Å². The van der Waals surface area contributed by atoms with Crippen LogP contribution in [-0.2, 0) is 9.59 Å². The third-order valence-electron chi connectivity index (χ3n) is 2.62. The Morgan fingerprint density at radius 2 is 1.74 bits per heavy atom. The Hall–Kier alpha value is -2.06. The van der Waals surface area contributed by atoms with E-state index in [1.54, 1.807) is 23.7 Å². The summed E-state index contributed by atoms with van der Waals surface area (Å²) in [7, 11) is 0. The molecule has 1 rings (SSSR count). The Morgan fingerprint density at radius 1 is 1.05 bits per heavy atom. The van der Waals surface area contributed by atoms with Gasteiger partial charge in [-0.25, -0.2) is 5.48 Å². The van der Waals surface area contributed by atoms with Crippen molar-refractivity contribution in [2.45, 2.75) is 38.5 Å². The van der Waals surface area contributed by atoms with Crippen molar-refractivity contribution in [3.05, 3.63) is 30.3 Å². The quantitative estimate of drug-likeness (QED) is 0.381. The van der Waals surface area contributed by atoms with E-state index in [0.717, 1.165) is 31.4 Å². The van der Waals surface area contributed by atoms with Crippen LogP contribution < -0.4 is 10.8 Å². The third kappa shape index (κ3) is 7.06. The molecule has 0 aliphatic carbocycles. The van der Waals surface area contributed by atoms with Crippen molar-refractivity contribution >= 4 is 17.5 Å². The van der Waals surface area contributed by atoms with Crippen LogP contribution >= 0.6 is 0 Å². The molecular weight excluding hydrogens is 244 g/mol. The largest absolute Gasteiger partial charge is 0.325 e. The van der Waals surface area contributed by atoms with Gasteiger partial charge in [-0.2, -0.15) is 0 Å². The van der Waals surface area contributed by atoms with Crippen molar-refractivity contribution in [2.24, 2.45) is 0 Å². The summed E-state index contributed by atoms with van der Waals surface area (Å²) in [4.78, 5) is 22.3. The second-order valence-electron chi connectivity index (χ2n) is 4.22. The molecule has 0 atom stereocenters. The summed E-state index contributed by atoms with van der Waals surface area (Å²) in [6.07, 6.45) is 4.05. The fourth-order valence-corrected chi connectivity index (χ4v) is 1.63. The van der Waals surface area contributed by atoms with Crippen LogP contribution in [0.1, 0.15) is 38.5 Å². The first kappa shape index (κ1) is 15.0. The number of rotatable bonds is 8. The van der Waals surface area contributed by atoms with Crippen LogP contribution in [0.4, 0.5) is 5.69 Å². The zero-order valence-electron chi connectivity index (χ0n) is 10.7. The number of hydroxylamine groups is 1. The first-order valence-corrected chi connectivity index (χ1v) is 6.33. The number of hydrogen-bond donors (Lipinski definition) is 3. The molecule has 5 nitrogen and oxygen atoms in total. The Bertz CT molecular complexity index is 393. The van der Waals surface area contributed by atoms with Gasteiger partial charge in [0.15, 0.2) is 0 Å². The first-order valence-electron chi connectivity index (χ1n) is 6.33. The second-order valence-corrected chi connectivity index (χ2v) is 4.22. The molecule has 0 saturated carbocycles. The highest BCUT2D eigenvalue weighted by Gasteiger charge is 2.02. The van der Waals surface area contributed by atoms with E-state index in [1.807, 2.05) is 0 Å². The Kier molecular flexibility index (Phi) is 7.06. The smallest absolute Gasteiger partial charge is 0.243 e. The lowest BCUT2D eigenvalue weighted by atomic mass is 10.1. The van der Waals surface area contributed by atoms with Crippen molar-refractivity contribution < 1.29 is 14.8 Å². The van der Waals surface area contributed by atoms with Gasteiger partial charge in [-0.15, -0.1) is 0 Å². The van der Waals surface area contributed by atoms with Crippen molar-refractivity contribution in [1.82, 2.24) is 5.48 Å². The maximum absolute atomic E-state index is 11.6. The van der Waals surface area contributed by atoms with Crippen molar-refractivity contribution in [3.63, 3.8) is 0 Å². The summed E-state index contributed by atoms with van der Waals surface area (Å²) in [6, 6.07) is 10.7. The maximum atomic E-state index is 11.6. The van der Waals surface area contributed by atoms with Crippen LogP contribution in [0.3, 0.4) is 0 Å². The number of anilines is 1. The molecule has 0 spiro atoms. The van der Waals surface area contributed by atoms with Gasteiger partial charge >= 0.3 is 0 Å². The number of carbonyl (C=O) groups excluding carboxylic acids is 2. The SMILES string of the molecule is O=C(CCCCCCC(=O)Nc1cc#ccc1)NO. The van der Waals surface area contributed by atoms with E-state index in [-0.39, 0.29) is 11.8 Å². The predicted octanol–water partition coefficient (Wildman–Crippen LogP) is 2.07. The lowest BCUT2D eigenvalue weighted by molar-refractivity contribution is -0.129. The van der Waals surface area contributed by atoms with Crippen LogP contribution in [0.2, 0.25) is 0 Å². The lowest BCUT2D eigenvalue weighted by Crippen LogP contribution is -2.17. The molecule has 0 heterocycles. The van der Waals surface area contributed by atoms with Gasteiger partial charge in [-0.3, -0.25) is 14.8 Å². The zero-order chi connectivity index (χ0) is 13.9. The lowest BCUT2D eigenvalue weighted by Gasteiger charge is -2.04. The summed E-state index contributed by atoms with van der Waals surface area (Å²) in [5.41, 5.74) is 2.32. The summed E-state index contributed by atoms with van der Waals surface area (Å²) in [5.74, 6) is -0.387. The summed E-state index contributed by atoms with van der Waals surface area (Å²) in [5, 5.41) is 11.1. The minimum Gasteiger partial charge on any atom is -0.325 e. The highest BCUT2D eigenvalue weighted by molar-refractivity contribution is 5.90. The van der Waals surface area contributed by atoms with Gasteiger partial charge in [-0.1, -0.05) is 25.0 Å². The van der Waals surface area contributed by atoms with E-state index in [4.69, 9.17) is 5.21 Å². The van der Waals surface area contributed by atoms with Crippen molar-refractivity contribution in [1.29, 1.82) is 0 Å². The molecule has 0 aliphatic heterocycles. The fourth-order valence-electron chi connectivity index (χ4n) is 1.63. The van der Waals surface area contributed by atoms with E-state index in [9.17, 15) is 9.59 Å². The molecule has 1 aromatic rings. The van der Waals surface area contributed by atoms with E-state index in [2.05, 4.69) is 17.4 Å². The minimum absolute atomic E-state index is 0.0206. The average molecular weight is 262 g/mol. The molecule has 0 saturated heterocycles. The Labute approximate surface area is 113 Å². The minimum atomic E-state index is -0.366. The number of amides is 2. The molecule has 3 N–H and O–H groups in total. The molecule has 5 heteroatoms. The Balaban J connectivity index is 2.03.